The number of halogens is 3. The SMILES string of the molecule is COC(=O)C1=C(C)N(c2cccc(C(F)(F)F)c2)c2n[nH]c(=O)n2[C@@H]1c1ccc(C#N)cc1CC[N+](C)(C)c1ccccn1. The molecular weight excluding hydrogens is 575 g/mol. The van der Waals surface area contributed by atoms with Crippen molar-refractivity contribution in [3.8, 4) is 6.07 Å². The van der Waals surface area contributed by atoms with E-state index in [0.29, 0.717) is 34.1 Å². The number of esters is 1. The van der Waals surface area contributed by atoms with Crippen molar-refractivity contribution in [2.24, 2.45) is 0 Å². The number of hydrogen-bond donors (Lipinski definition) is 1. The van der Waals surface area contributed by atoms with Crippen LogP contribution in [0.2, 0.25) is 0 Å². The lowest BCUT2D eigenvalue weighted by molar-refractivity contribution is -0.138. The highest BCUT2D eigenvalue weighted by atomic mass is 19.4. The van der Waals surface area contributed by atoms with Crippen LogP contribution in [-0.4, -0.2) is 53.5 Å². The van der Waals surface area contributed by atoms with Crippen molar-refractivity contribution >= 4 is 23.4 Å². The first kappa shape index (κ1) is 30.2. The van der Waals surface area contributed by atoms with Gasteiger partial charge in [0.1, 0.15) is 6.04 Å². The van der Waals surface area contributed by atoms with Crippen LogP contribution in [-0.2, 0) is 22.1 Å². The van der Waals surface area contributed by atoms with Crippen molar-refractivity contribution in [3.63, 3.8) is 0 Å². The van der Waals surface area contributed by atoms with Gasteiger partial charge in [0.05, 0.1) is 50.5 Å². The quantitative estimate of drug-likeness (QED) is 0.237. The Morgan fingerprint density at radius 3 is 2.57 bits per heavy atom. The Balaban J connectivity index is 1.69. The van der Waals surface area contributed by atoms with Crippen molar-refractivity contribution in [3.05, 3.63) is 111 Å². The van der Waals surface area contributed by atoms with Crippen molar-refractivity contribution in [1.29, 1.82) is 5.26 Å². The number of nitrogens with one attached hydrogen (secondary N) is 1. The molecule has 0 bridgehead atoms. The van der Waals surface area contributed by atoms with Gasteiger partial charge in [-0.1, -0.05) is 18.2 Å². The van der Waals surface area contributed by atoms with Gasteiger partial charge in [-0.05, 0) is 54.4 Å². The molecule has 0 radical (unpaired) electrons. The van der Waals surface area contributed by atoms with Crippen LogP contribution in [0.3, 0.4) is 0 Å². The number of aromatic amines is 1. The number of methoxy groups -OCH3 is 1. The van der Waals surface area contributed by atoms with E-state index in [4.69, 9.17) is 4.74 Å². The van der Waals surface area contributed by atoms with Gasteiger partial charge in [-0.25, -0.2) is 24.2 Å². The largest absolute Gasteiger partial charge is 0.466 e. The Bertz CT molecular complexity index is 1850. The molecule has 0 spiro atoms. The van der Waals surface area contributed by atoms with Crippen LogP contribution in [0.25, 0.3) is 0 Å². The van der Waals surface area contributed by atoms with Gasteiger partial charge in [0.15, 0.2) is 0 Å². The summed E-state index contributed by atoms with van der Waals surface area (Å²) >= 11 is 0. The zero-order valence-electron chi connectivity index (χ0n) is 24.4. The predicted octanol–water partition coefficient (Wildman–Crippen LogP) is 4.85. The van der Waals surface area contributed by atoms with Crippen molar-refractivity contribution in [2.75, 3.05) is 32.6 Å². The number of nitrogens with zero attached hydrogens (tertiary/aromatic N) is 6. The molecule has 0 amide bonds. The molecule has 1 aliphatic rings. The van der Waals surface area contributed by atoms with E-state index < -0.39 is 29.4 Å². The van der Waals surface area contributed by atoms with Gasteiger partial charge in [-0.15, -0.1) is 5.10 Å². The Morgan fingerprint density at radius 2 is 1.91 bits per heavy atom. The van der Waals surface area contributed by atoms with Crippen molar-refractivity contribution in [2.45, 2.75) is 25.6 Å². The number of H-pyrrole nitrogens is 1. The molecule has 13 heteroatoms. The summed E-state index contributed by atoms with van der Waals surface area (Å²) < 4.78 is 47.7. The van der Waals surface area contributed by atoms with Gasteiger partial charge >= 0.3 is 17.8 Å². The number of carbonyl (C=O) groups is 1. The number of alkyl halides is 3. The zero-order chi connectivity index (χ0) is 31.8. The Labute approximate surface area is 250 Å². The first-order chi connectivity index (χ1) is 20.9. The van der Waals surface area contributed by atoms with Crippen LogP contribution in [0.4, 0.5) is 30.6 Å². The van der Waals surface area contributed by atoms with E-state index in [1.54, 1.807) is 31.3 Å². The topological polar surface area (TPSA) is 117 Å². The monoisotopic (exact) mass is 604 g/mol. The fourth-order valence-electron chi connectivity index (χ4n) is 5.46. The second kappa shape index (κ2) is 11.5. The van der Waals surface area contributed by atoms with Crippen LogP contribution in [0.5, 0.6) is 0 Å². The lowest BCUT2D eigenvalue weighted by atomic mass is 9.89. The summed E-state index contributed by atoms with van der Waals surface area (Å²) in [6.45, 7) is 2.11. The molecule has 5 rings (SSSR count). The number of fused-ring (bicyclic) bond motifs is 1. The van der Waals surface area contributed by atoms with E-state index in [-0.39, 0.29) is 22.9 Å². The number of likely N-dealkylation sites (N-methyl/N-ethyl adjacent to an activating group) is 1. The highest BCUT2D eigenvalue weighted by Gasteiger charge is 2.41. The maximum absolute atomic E-state index is 13.6. The number of aromatic nitrogens is 4. The number of carbonyl (C=O) groups excluding carboxylic acids is 1. The van der Waals surface area contributed by atoms with Gasteiger partial charge in [-0.3, -0.25) is 9.38 Å². The molecule has 44 heavy (non-hydrogen) atoms. The maximum Gasteiger partial charge on any atom is 0.416 e. The number of rotatable bonds is 7. The molecule has 3 heterocycles. The van der Waals surface area contributed by atoms with Crippen molar-refractivity contribution in [1.82, 2.24) is 24.2 Å². The molecular formula is C31H29F3N7O3+. The second-order valence-electron chi connectivity index (χ2n) is 10.8. The molecule has 0 unspecified atom stereocenters. The normalized spacial score (nSPS) is 15.1. The standard InChI is InChI=1S/C31H28F3N7O3/c1-19-26(28(42)44-4)27(40-29(37-38-30(40)43)39(19)23-9-7-8-22(17-23)31(32,33)34)24-12-11-20(18-35)16-21(24)13-15-41(2,3)25-10-5-6-14-36-25/h5-12,14,16-17,27H,13,15H2,1-4H3/p+1/t27-/m1/s1. The average Bonchev–Trinajstić information content (AvgIpc) is 3.39. The average molecular weight is 605 g/mol. The molecule has 4 aromatic rings. The summed E-state index contributed by atoms with van der Waals surface area (Å²) in [5.74, 6) is 0.0340. The number of ether oxygens (including phenoxy) is 1. The number of allylic oxidation sites excluding steroid dienone is 1. The van der Waals surface area contributed by atoms with Gasteiger partial charge in [0.2, 0.25) is 11.8 Å². The van der Waals surface area contributed by atoms with E-state index in [1.165, 1.54) is 28.7 Å². The van der Waals surface area contributed by atoms with Gasteiger partial charge in [0, 0.05) is 30.1 Å². The predicted molar refractivity (Wildman–Crippen MR) is 157 cm³/mol. The molecule has 226 valence electrons. The van der Waals surface area contributed by atoms with Crippen LogP contribution >= 0.6 is 0 Å². The fourth-order valence-corrected chi connectivity index (χ4v) is 5.46. The van der Waals surface area contributed by atoms with Gasteiger partial charge < -0.3 is 4.74 Å². The summed E-state index contributed by atoms with van der Waals surface area (Å²) in [4.78, 5) is 32.6. The highest BCUT2D eigenvalue weighted by Crippen LogP contribution is 2.43. The maximum atomic E-state index is 13.6. The highest BCUT2D eigenvalue weighted by molar-refractivity contribution is 5.93. The number of anilines is 2. The molecule has 1 aliphatic heterocycles. The van der Waals surface area contributed by atoms with Crippen LogP contribution in [0.1, 0.15) is 35.2 Å². The van der Waals surface area contributed by atoms with E-state index in [1.807, 2.05) is 32.3 Å². The minimum atomic E-state index is -4.62. The second-order valence-corrected chi connectivity index (χ2v) is 10.8. The molecule has 1 atom stereocenters. The van der Waals surface area contributed by atoms with Gasteiger partial charge in [0.25, 0.3) is 0 Å². The van der Waals surface area contributed by atoms with Crippen molar-refractivity contribution < 1.29 is 22.7 Å². The van der Waals surface area contributed by atoms with Crippen LogP contribution in [0, 0.1) is 11.3 Å². The smallest absolute Gasteiger partial charge is 0.416 e. The first-order valence-corrected chi connectivity index (χ1v) is 13.6. The van der Waals surface area contributed by atoms with E-state index >= 15 is 0 Å². The molecule has 0 aliphatic carbocycles. The minimum Gasteiger partial charge on any atom is -0.466 e. The molecule has 0 fully saturated rings. The van der Waals surface area contributed by atoms with Crippen LogP contribution in [0.15, 0.2) is 82.9 Å². The lowest BCUT2D eigenvalue weighted by Crippen LogP contribution is -2.43. The van der Waals surface area contributed by atoms with E-state index in [2.05, 4.69) is 21.3 Å². The molecule has 0 saturated carbocycles. The molecule has 2 aromatic heterocycles. The fraction of sp³-hybridized carbons (Fsp3) is 0.258. The van der Waals surface area contributed by atoms with Gasteiger partial charge in [-0.2, -0.15) is 18.4 Å². The number of quaternary nitrogens is 1. The minimum absolute atomic E-state index is 0.00983. The third-order valence-electron chi connectivity index (χ3n) is 7.76. The summed E-state index contributed by atoms with van der Waals surface area (Å²) in [5.41, 5.74) is 0.334. The number of nitriles is 1. The Morgan fingerprint density at radius 1 is 1.14 bits per heavy atom. The summed E-state index contributed by atoms with van der Waals surface area (Å²) in [7, 11) is 5.17. The Kier molecular flexibility index (Phi) is 7.88. The van der Waals surface area contributed by atoms with E-state index in [0.717, 1.165) is 18.0 Å². The zero-order valence-corrected chi connectivity index (χ0v) is 24.4. The first-order valence-electron chi connectivity index (χ1n) is 13.6. The third-order valence-corrected chi connectivity index (χ3v) is 7.76. The molecule has 2 aromatic carbocycles. The Hall–Kier alpha value is -5.22. The summed E-state index contributed by atoms with van der Waals surface area (Å²) in [5, 5.41) is 16.2. The summed E-state index contributed by atoms with van der Waals surface area (Å²) in [6.07, 6.45) is -2.49. The van der Waals surface area contributed by atoms with E-state index in [9.17, 15) is 28.0 Å². The molecule has 10 nitrogen and oxygen atoms in total. The number of hydrogen-bond acceptors (Lipinski definition) is 7. The number of pyridine rings is 1. The molecule has 0 saturated heterocycles. The number of benzene rings is 2. The molecule has 1 N–H and O–H groups in total. The third kappa shape index (κ3) is 5.47. The lowest BCUT2D eigenvalue weighted by Gasteiger charge is -2.36. The summed E-state index contributed by atoms with van der Waals surface area (Å²) in [6, 6.07) is 16.2. The van der Waals surface area contributed by atoms with Crippen LogP contribution < -0.4 is 15.1 Å².